The van der Waals surface area contributed by atoms with Crippen molar-refractivity contribution >= 4 is 5.91 Å². The van der Waals surface area contributed by atoms with Crippen molar-refractivity contribution in [2.24, 2.45) is 0 Å². The lowest BCUT2D eigenvalue weighted by atomic mass is 10.2. The third-order valence-electron chi connectivity index (χ3n) is 2.53. The lowest BCUT2D eigenvalue weighted by molar-refractivity contribution is 0.0941. The molecular weight excluding hydrogens is 194 g/mol. The van der Waals surface area contributed by atoms with Crippen molar-refractivity contribution in [2.75, 3.05) is 13.1 Å². The Morgan fingerprint density at radius 3 is 3.27 bits per heavy atom. The highest BCUT2D eigenvalue weighted by molar-refractivity contribution is 5.92. The van der Waals surface area contributed by atoms with Gasteiger partial charge in [0.1, 0.15) is 5.76 Å². The second-order valence-electron chi connectivity index (χ2n) is 3.83. The molecule has 5 heteroatoms. The maximum absolute atomic E-state index is 11.6. The Morgan fingerprint density at radius 2 is 2.67 bits per heavy atom. The van der Waals surface area contributed by atoms with Gasteiger partial charge in [0.2, 0.25) is 0 Å². The predicted octanol–water partition coefficient (Wildman–Crippen LogP) is 0.465. The number of nitrogens with zero attached hydrogens (tertiary/aromatic N) is 1. The third-order valence-corrected chi connectivity index (χ3v) is 2.53. The first-order valence-corrected chi connectivity index (χ1v) is 5.20. The van der Waals surface area contributed by atoms with Crippen molar-refractivity contribution in [2.45, 2.75) is 25.8 Å². The summed E-state index contributed by atoms with van der Waals surface area (Å²) in [6.45, 7) is 3.47. The molecule has 15 heavy (non-hydrogen) atoms. The molecule has 1 fully saturated rings. The van der Waals surface area contributed by atoms with Gasteiger partial charge in [-0.2, -0.15) is 0 Å². The van der Waals surface area contributed by atoms with Crippen LogP contribution in [0.2, 0.25) is 0 Å². The molecule has 1 aromatic rings. The summed E-state index contributed by atoms with van der Waals surface area (Å²) >= 11 is 0. The summed E-state index contributed by atoms with van der Waals surface area (Å²) in [5.41, 5.74) is 0.352. The van der Waals surface area contributed by atoms with Gasteiger partial charge in [-0.25, -0.2) is 0 Å². The Bertz CT molecular complexity index is 342. The SMILES string of the molecule is Cc1cc(C(=O)NCC2CCCN2)no1. The average molecular weight is 209 g/mol. The van der Waals surface area contributed by atoms with Crippen LogP contribution in [0.4, 0.5) is 0 Å². The number of aromatic nitrogens is 1. The minimum Gasteiger partial charge on any atom is -0.361 e. The Morgan fingerprint density at radius 1 is 1.80 bits per heavy atom. The summed E-state index contributed by atoms with van der Waals surface area (Å²) in [6.07, 6.45) is 2.31. The maximum atomic E-state index is 11.6. The topological polar surface area (TPSA) is 67.2 Å². The van der Waals surface area contributed by atoms with Crippen molar-refractivity contribution < 1.29 is 9.32 Å². The highest BCUT2D eigenvalue weighted by atomic mass is 16.5. The molecule has 0 saturated carbocycles. The standard InChI is InChI=1S/C10H15N3O2/c1-7-5-9(13-15-7)10(14)12-6-8-3-2-4-11-8/h5,8,11H,2-4,6H2,1H3,(H,12,14). The molecule has 1 aliphatic rings. The number of carbonyl (C=O) groups is 1. The van der Waals surface area contributed by atoms with Gasteiger partial charge < -0.3 is 15.2 Å². The third kappa shape index (κ3) is 2.56. The molecule has 2 N–H and O–H groups in total. The quantitative estimate of drug-likeness (QED) is 0.759. The van der Waals surface area contributed by atoms with Crippen LogP contribution >= 0.6 is 0 Å². The van der Waals surface area contributed by atoms with Gasteiger partial charge in [-0.05, 0) is 26.3 Å². The Labute approximate surface area is 88.2 Å². The van der Waals surface area contributed by atoms with Gasteiger partial charge in [0.05, 0.1) is 0 Å². The molecule has 1 aliphatic heterocycles. The van der Waals surface area contributed by atoms with E-state index in [1.165, 1.54) is 6.42 Å². The molecule has 0 aromatic carbocycles. The van der Waals surface area contributed by atoms with E-state index in [0.29, 0.717) is 24.0 Å². The zero-order valence-corrected chi connectivity index (χ0v) is 8.75. The van der Waals surface area contributed by atoms with E-state index in [1.807, 2.05) is 0 Å². The zero-order chi connectivity index (χ0) is 10.7. The van der Waals surface area contributed by atoms with Crippen LogP contribution in [0.3, 0.4) is 0 Å². The van der Waals surface area contributed by atoms with E-state index >= 15 is 0 Å². The molecule has 2 rings (SSSR count). The fraction of sp³-hybridized carbons (Fsp3) is 0.600. The van der Waals surface area contributed by atoms with E-state index < -0.39 is 0 Å². The molecule has 82 valence electrons. The van der Waals surface area contributed by atoms with Crippen molar-refractivity contribution in [3.63, 3.8) is 0 Å². The van der Waals surface area contributed by atoms with E-state index in [9.17, 15) is 4.79 Å². The first-order valence-electron chi connectivity index (χ1n) is 5.20. The number of nitrogens with one attached hydrogen (secondary N) is 2. The van der Waals surface area contributed by atoms with Gasteiger partial charge in [-0.15, -0.1) is 0 Å². The van der Waals surface area contributed by atoms with Crippen molar-refractivity contribution in [1.82, 2.24) is 15.8 Å². The largest absolute Gasteiger partial charge is 0.361 e. The molecular formula is C10H15N3O2. The number of hydrogen-bond donors (Lipinski definition) is 2. The van der Waals surface area contributed by atoms with Gasteiger partial charge in [0.15, 0.2) is 5.69 Å². The van der Waals surface area contributed by atoms with Crippen LogP contribution in [-0.2, 0) is 0 Å². The number of hydrogen-bond acceptors (Lipinski definition) is 4. The van der Waals surface area contributed by atoms with Crippen LogP contribution in [0.1, 0.15) is 29.1 Å². The fourth-order valence-corrected chi connectivity index (χ4v) is 1.71. The van der Waals surface area contributed by atoms with Crippen molar-refractivity contribution in [1.29, 1.82) is 0 Å². The minimum absolute atomic E-state index is 0.166. The molecule has 0 radical (unpaired) electrons. The van der Waals surface area contributed by atoms with E-state index in [1.54, 1.807) is 13.0 Å². The average Bonchev–Trinajstić information content (AvgIpc) is 2.84. The minimum atomic E-state index is -0.166. The smallest absolute Gasteiger partial charge is 0.273 e. The number of aryl methyl sites for hydroxylation is 1. The van der Waals surface area contributed by atoms with Crippen molar-refractivity contribution in [3.05, 3.63) is 17.5 Å². The summed E-state index contributed by atoms with van der Waals surface area (Å²) in [5, 5.41) is 9.79. The Kier molecular flexibility index (Phi) is 3.01. The summed E-state index contributed by atoms with van der Waals surface area (Å²) in [4.78, 5) is 11.6. The van der Waals surface area contributed by atoms with Crippen LogP contribution in [0, 0.1) is 6.92 Å². The molecule has 1 amide bonds. The summed E-state index contributed by atoms with van der Waals surface area (Å²) in [5.74, 6) is 0.486. The molecule has 1 aromatic heterocycles. The Balaban J connectivity index is 1.81. The molecule has 2 heterocycles. The predicted molar refractivity (Wildman–Crippen MR) is 54.6 cm³/mol. The fourth-order valence-electron chi connectivity index (χ4n) is 1.71. The highest BCUT2D eigenvalue weighted by Gasteiger charge is 2.16. The highest BCUT2D eigenvalue weighted by Crippen LogP contribution is 2.04. The number of carbonyl (C=O) groups excluding carboxylic acids is 1. The molecule has 1 unspecified atom stereocenters. The van der Waals surface area contributed by atoms with Gasteiger partial charge in [-0.1, -0.05) is 5.16 Å². The zero-order valence-electron chi connectivity index (χ0n) is 8.75. The van der Waals surface area contributed by atoms with E-state index in [0.717, 1.165) is 13.0 Å². The summed E-state index contributed by atoms with van der Waals surface area (Å²) < 4.78 is 4.83. The van der Waals surface area contributed by atoms with E-state index in [-0.39, 0.29) is 5.91 Å². The normalized spacial score (nSPS) is 20.5. The van der Waals surface area contributed by atoms with Crippen LogP contribution in [-0.4, -0.2) is 30.2 Å². The molecule has 1 saturated heterocycles. The Hall–Kier alpha value is -1.36. The van der Waals surface area contributed by atoms with Crippen LogP contribution in [0.5, 0.6) is 0 Å². The van der Waals surface area contributed by atoms with Crippen molar-refractivity contribution in [3.8, 4) is 0 Å². The molecule has 1 atom stereocenters. The first kappa shape index (κ1) is 10.2. The van der Waals surface area contributed by atoms with Gasteiger partial charge >= 0.3 is 0 Å². The van der Waals surface area contributed by atoms with Crippen LogP contribution < -0.4 is 10.6 Å². The summed E-state index contributed by atoms with van der Waals surface area (Å²) in [7, 11) is 0. The molecule has 0 spiro atoms. The molecule has 0 bridgehead atoms. The number of amides is 1. The van der Waals surface area contributed by atoms with Gasteiger partial charge in [-0.3, -0.25) is 4.79 Å². The molecule has 0 aliphatic carbocycles. The number of rotatable bonds is 3. The summed E-state index contributed by atoms with van der Waals surface area (Å²) in [6, 6.07) is 2.04. The van der Waals surface area contributed by atoms with Crippen LogP contribution in [0.25, 0.3) is 0 Å². The van der Waals surface area contributed by atoms with E-state index in [4.69, 9.17) is 4.52 Å². The van der Waals surface area contributed by atoms with Gasteiger partial charge in [0, 0.05) is 18.7 Å². The van der Waals surface area contributed by atoms with Gasteiger partial charge in [0.25, 0.3) is 5.91 Å². The lowest BCUT2D eigenvalue weighted by Gasteiger charge is -2.09. The lowest BCUT2D eigenvalue weighted by Crippen LogP contribution is -2.37. The van der Waals surface area contributed by atoms with E-state index in [2.05, 4.69) is 15.8 Å². The maximum Gasteiger partial charge on any atom is 0.273 e. The first-order chi connectivity index (χ1) is 7.25. The second-order valence-corrected chi connectivity index (χ2v) is 3.83. The second kappa shape index (κ2) is 4.44. The monoisotopic (exact) mass is 209 g/mol. The van der Waals surface area contributed by atoms with Crippen LogP contribution in [0.15, 0.2) is 10.6 Å². The molecule has 5 nitrogen and oxygen atoms in total.